The Bertz CT molecular complexity index is 305. The highest BCUT2D eigenvalue weighted by Gasteiger charge is 2.08. The molecule has 0 aromatic heterocycles. The predicted octanol–water partition coefficient (Wildman–Crippen LogP) is 3.30. The third-order valence-corrected chi connectivity index (χ3v) is 2.94. The van der Waals surface area contributed by atoms with Gasteiger partial charge in [-0.1, -0.05) is 19.9 Å². The van der Waals surface area contributed by atoms with E-state index in [-0.39, 0.29) is 6.04 Å². The van der Waals surface area contributed by atoms with Gasteiger partial charge < -0.3 is 5.73 Å². The van der Waals surface area contributed by atoms with Crippen molar-refractivity contribution in [2.75, 3.05) is 0 Å². The Morgan fingerprint density at radius 1 is 1.29 bits per heavy atom. The lowest BCUT2D eigenvalue weighted by Crippen LogP contribution is -2.19. The molecule has 0 saturated carbocycles. The second-order valence-corrected chi connectivity index (χ2v) is 5.42. The summed E-state index contributed by atoms with van der Waals surface area (Å²) in [7, 11) is 0. The van der Waals surface area contributed by atoms with Crippen LogP contribution in [0.3, 0.4) is 0 Å². The Labute approximate surface area is 100 Å². The number of benzene rings is 1. The molecule has 0 amide bonds. The van der Waals surface area contributed by atoms with Crippen LogP contribution in [0, 0.1) is 3.57 Å². The highest BCUT2D eigenvalue weighted by Crippen LogP contribution is 2.22. The number of halogens is 1. The van der Waals surface area contributed by atoms with Gasteiger partial charge in [0.15, 0.2) is 0 Å². The molecule has 0 aliphatic heterocycles. The molecule has 14 heavy (non-hydrogen) atoms. The Kier molecular flexibility index (Phi) is 4.38. The van der Waals surface area contributed by atoms with Gasteiger partial charge in [-0.2, -0.15) is 0 Å². The van der Waals surface area contributed by atoms with Gasteiger partial charge >= 0.3 is 0 Å². The lowest BCUT2D eigenvalue weighted by Gasteiger charge is -2.14. The third-order valence-electron chi connectivity index (χ3n) is 2.27. The van der Waals surface area contributed by atoms with Crippen molar-refractivity contribution in [3.05, 3.63) is 32.9 Å². The maximum atomic E-state index is 5.83. The zero-order chi connectivity index (χ0) is 10.7. The molecule has 0 radical (unpaired) electrons. The van der Waals surface area contributed by atoms with Crippen molar-refractivity contribution in [3.8, 4) is 0 Å². The summed E-state index contributed by atoms with van der Waals surface area (Å²) in [5.41, 5.74) is 8.67. The van der Waals surface area contributed by atoms with Gasteiger partial charge in [0.25, 0.3) is 0 Å². The smallest absolute Gasteiger partial charge is 0.0133 e. The Hall–Kier alpha value is -0.0900. The number of hydrogen-bond acceptors (Lipinski definition) is 1. The van der Waals surface area contributed by atoms with Crippen LogP contribution >= 0.6 is 22.6 Å². The van der Waals surface area contributed by atoms with Gasteiger partial charge in [0, 0.05) is 9.61 Å². The zero-order valence-electron chi connectivity index (χ0n) is 9.05. The zero-order valence-corrected chi connectivity index (χ0v) is 11.2. The first kappa shape index (κ1) is 12.0. The van der Waals surface area contributed by atoms with Gasteiger partial charge in [-0.3, -0.25) is 0 Å². The van der Waals surface area contributed by atoms with E-state index < -0.39 is 0 Å². The highest BCUT2D eigenvalue weighted by atomic mass is 127. The van der Waals surface area contributed by atoms with Crippen LogP contribution in [0.4, 0.5) is 0 Å². The molecule has 1 unspecified atom stereocenters. The van der Waals surface area contributed by atoms with Crippen LogP contribution in [-0.4, -0.2) is 6.04 Å². The van der Waals surface area contributed by atoms with E-state index in [9.17, 15) is 0 Å². The average Bonchev–Trinajstić information content (AvgIpc) is 2.07. The van der Waals surface area contributed by atoms with E-state index in [1.54, 1.807) is 0 Å². The maximum absolute atomic E-state index is 5.83. The Morgan fingerprint density at radius 2 is 1.93 bits per heavy atom. The molecule has 1 atom stereocenters. The van der Waals surface area contributed by atoms with Crippen LogP contribution in [0.15, 0.2) is 18.2 Å². The van der Waals surface area contributed by atoms with Crippen LogP contribution in [-0.2, 0) is 6.42 Å². The van der Waals surface area contributed by atoms with Gasteiger partial charge in [-0.15, -0.1) is 0 Å². The van der Waals surface area contributed by atoms with Crippen molar-refractivity contribution < 1.29 is 0 Å². The molecule has 0 aliphatic carbocycles. The van der Waals surface area contributed by atoms with E-state index in [1.165, 1.54) is 14.7 Å². The maximum Gasteiger partial charge on any atom is 0.0133 e. The molecule has 78 valence electrons. The third kappa shape index (κ3) is 3.24. The summed E-state index contributed by atoms with van der Waals surface area (Å²) in [6.07, 6.45) is 0.977. The topological polar surface area (TPSA) is 26.0 Å². The van der Waals surface area contributed by atoms with Crippen molar-refractivity contribution in [2.45, 2.75) is 39.2 Å². The second kappa shape index (κ2) is 5.12. The summed E-state index contributed by atoms with van der Waals surface area (Å²) in [5.74, 6) is 0.582. The predicted molar refractivity (Wildman–Crippen MR) is 70.6 cm³/mol. The lowest BCUT2D eigenvalue weighted by atomic mass is 9.94. The fraction of sp³-hybridized carbons (Fsp3) is 0.500. The molecule has 0 saturated heterocycles. The first-order valence-electron chi connectivity index (χ1n) is 5.04. The van der Waals surface area contributed by atoms with E-state index in [2.05, 4.69) is 61.6 Å². The van der Waals surface area contributed by atoms with Crippen molar-refractivity contribution >= 4 is 22.6 Å². The molecule has 1 aromatic carbocycles. The molecule has 0 heterocycles. The molecule has 0 aliphatic rings. The highest BCUT2D eigenvalue weighted by molar-refractivity contribution is 14.1. The van der Waals surface area contributed by atoms with E-state index >= 15 is 0 Å². The van der Waals surface area contributed by atoms with Crippen molar-refractivity contribution in [1.29, 1.82) is 0 Å². The Balaban J connectivity index is 3.02. The SMILES string of the molecule is CC(N)Cc1ccc(I)cc1C(C)C. The molecule has 0 bridgehead atoms. The average molecular weight is 303 g/mol. The standard InChI is InChI=1S/C12H18IN/c1-8(2)12-7-11(13)5-4-10(12)6-9(3)14/h4-5,7-9H,6,14H2,1-3H3. The first-order valence-corrected chi connectivity index (χ1v) is 6.12. The summed E-state index contributed by atoms with van der Waals surface area (Å²) in [4.78, 5) is 0. The largest absolute Gasteiger partial charge is 0.328 e. The minimum Gasteiger partial charge on any atom is -0.328 e. The number of hydrogen-bond donors (Lipinski definition) is 1. The Morgan fingerprint density at radius 3 is 2.43 bits per heavy atom. The van der Waals surface area contributed by atoms with E-state index in [0.29, 0.717) is 5.92 Å². The van der Waals surface area contributed by atoms with Gasteiger partial charge in [0.1, 0.15) is 0 Å². The summed E-state index contributed by atoms with van der Waals surface area (Å²) in [6.45, 7) is 6.52. The molecule has 2 N–H and O–H groups in total. The monoisotopic (exact) mass is 303 g/mol. The van der Waals surface area contributed by atoms with E-state index in [0.717, 1.165) is 6.42 Å². The van der Waals surface area contributed by atoms with Crippen molar-refractivity contribution in [3.63, 3.8) is 0 Å². The summed E-state index contributed by atoms with van der Waals surface area (Å²) in [5, 5.41) is 0. The molecule has 1 aromatic rings. The van der Waals surface area contributed by atoms with Crippen LogP contribution in [0.1, 0.15) is 37.8 Å². The van der Waals surface area contributed by atoms with Crippen LogP contribution < -0.4 is 5.73 Å². The molecule has 0 spiro atoms. The molecule has 2 heteroatoms. The fourth-order valence-corrected chi connectivity index (χ4v) is 2.15. The molecular weight excluding hydrogens is 285 g/mol. The van der Waals surface area contributed by atoms with Crippen LogP contribution in [0.25, 0.3) is 0 Å². The van der Waals surface area contributed by atoms with Crippen LogP contribution in [0.5, 0.6) is 0 Å². The van der Waals surface area contributed by atoms with Gasteiger partial charge in [-0.25, -0.2) is 0 Å². The van der Waals surface area contributed by atoms with Crippen molar-refractivity contribution in [2.24, 2.45) is 5.73 Å². The van der Waals surface area contributed by atoms with E-state index in [4.69, 9.17) is 5.73 Å². The van der Waals surface area contributed by atoms with Gasteiger partial charge in [0.2, 0.25) is 0 Å². The molecule has 0 fully saturated rings. The fourth-order valence-electron chi connectivity index (χ4n) is 1.64. The van der Waals surface area contributed by atoms with Gasteiger partial charge in [0.05, 0.1) is 0 Å². The minimum absolute atomic E-state index is 0.243. The number of rotatable bonds is 3. The first-order chi connectivity index (χ1) is 6.50. The minimum atomic E-state index is 0.243. The summed E-state index contributed by atoms with van der Waals surface area (Å²) in [6, 6.07) is 6.88. The normalized spacial score (nSPS) is 13.3. The van der Waals surface area contributed by atoms with Crippen molar-refractivity contribution in [1.82, 2.24) is 0 Å². The van der Waals surface area contributed by atoms with Gasteiger partial charge in [-0.05, 0) is 65.1 Å². The summed E-state index contributed by atoms with van der Waals surface area (Å²) < 4.78 is 1.31. The molecular formula is C12H18IN. The molecule has 1 nitrogen and oxygen atoms in total. The summed E-state index contributed by atoms with van der Waals surface area (Å²) >= 11 is 2.36. The number of nitrogens with two attached hydrogens (primary N) is 1. The quantitative estimate of drug-likeness (QED) is 0.852. The second-order valence-electron chi connectivity index (χ2n) is 4.18. The molecule has 1 rings (SSSR count). The lowest BCUT2D eigenvalue weighted by molar-refractivity contribution is 0.720. The van der Waals surface area contributed by atoms with E-state index in [1.807, 2.05) is 0 Å². The van der Waals surface area contributed by atoms with Crippen LogP contribution in [0.2, 0.25) is 0 Å².